The van der Waals surface area contributed by atoms with Gasteiger partial charge in [0.1, 0.15) is 5.82 Å². The van der Waals surface area contributed by atoms with Crippen LogP contribution in [0.4, 0.5) is 14.9 Å². The van der Waals surface area contributed by atoms with E-state index >= 15 is 0 Å². The van der Waals surface area contributed by atoms with Crippen LogP contribution in [0, 0.1) is 5.82 Å². The van der Waals surface area contributed by atoms with Gasteiger partial charge in [-0.3, -0.25) is 0 Å². The number of carbonyl (C=O) groups is 1. The third kappa shape index (κ3) is 4.10. The largest absolute Gasteiger partial charge is 0.323 e. The first-order valence-electron chi connectivity index (χ1n) is 5.89. The van der Waals surface area contributed by atoms with Crippen LogP contribution in [0.1, 0.15) is 5.56 Å². The molecule has 0 heterocycles. The third-order valence-corrected chi connectivity index (χ3v) is 2.81. The molecule has 102 valence electrons. The number of anilines is 1. The van der Waals surface area contributed by atoms with Crippen molar-refractivity contribution in [3.05, 3.63) is 71.1 Å². The van der Waals surface area contributed by atoms with Crippen LogP contribution in [0.3, 0.4) is 0 Å². The number of nitrogens with one attached hydrogen (secondary N) is 2. The van der Waals surface area contributed by atoms with Crippen molar-refractivity contribution in [1.82, 2.24) is 5.32 Å². The summed E-state index contributed by atoms with van der Waals surface area (Å²) in [5.74, 6) is -0.299. The Labute approximate surface area is 121 Å². The maximum atomic E-state index is 12.7. The van der Waals surface area contributed by atoms with Crippen LogP contribution in [-0.4, -0.2) is 6.03 Å². The Bertz CT molecular complexity index is 626. The Hall–Kier alpha value is -2.33. The highest BCUT2D eigenvalue weighted by atomic mass is 35.5. The summed E-state index contributed by atoms with van der Waals surface area (Å²) in [6.07, 6.45) is 3.13. The van der Waals surface area contributed by atoms with Crippen molar-refractivity contribution in [2.45, 2.75) is 0 Å². The summed E-state index contributed by atoms with van der Waals surface area (Å²) in [5.41, 5.74) is 1.31. The van der Waals surface area contributed by atoms with E-state index in [1.807, 2.05) is 0 Å². The van der Waals surface area contributed by atoms with Crippen molar-refractivity contribution in [2.24, 2.45) is 0 Å². The number of amides is 2. The van der Waals surface area contributed by atoms with Crippen LogP contribution >= 0.6 is 11.6 Å². The molecule has 20 heavy (non-hydrogen) atoms. The van der Waals surface area contributed by atoms with Crippen LogP contribution in [0.2, 0.25) is 5.02 Å². The van der Waals surface area contributed by atoms with Gasteiger partial charge in [0.25, 0.3) is 0 Å². The van der Waals surface area contributed by atoms with Crippen molar-refractivity contribution in [3.8, 4) is 0 Å². The summed E-state index contributed by atoms with van der Waals surface area (Å²) < 4.78 is 12.7. The summed E-state index contributed by atoms with van der Waals surface area (Å²) in [6, 6.07) is 12.5. The average molecular weight is 291 g/mol. The standard InChI is InChI=1S/C15H12ClFN2O/c16-13-3-1-2-4-14(13)19-15(20)18-10-9-11-5-7-12(17)8-6-11/h1-10H,(H2,18,19,20)/b10-9+. The Morgan fingerprint density at radius 2 is 1.80 bits per heavy atom. The molecule has 0 aliphatic rings. The van der Waals surface area contributed by atoms with Crippen molar-refractivity contribution in [2.75, 3.05) is 5.32 Å². The maximum absolute atomic E-state index is 12.7. The lowest BCUT2D eigenvalue weighted by Crippen LogP contribution is -2.23. The van der Waals surface area contributed by atoms with Gasteiger partial charge in [0.15, 0.2) is 0 Å². The monoisotopic (exact) mass is 290 g/mol. The van der Waals surface area contributed by atoms with Crippen LogP contribution in [-0.2, 0) is 0 Å². The summed E-state index contributed by atoms with van der Waals surface area (Å²) in [6.45, 7) is 0. The number of carbonyl (C=O) groups excluding carboxylic acids is 1. The summed E-state index contributed by atoms with van der Waals surface area (Å²) in [7, 11) is 0. The number of benzene rings is 2. The Morgan fingerprint density at radius 3 is 2.50 bits per heavy atom. The number of hydrogen-bond acceptors (Lipinski definition) is 1. The van der Waals surface area contributed by atoms with E-state index in [9.17, 15) is 9.18 Å². The summed E-state index contributed by atoms with van der Waals surface area (Å²) in [4.78, 5) is 11.6. The molecule has 0 bridgehead atoms. The molecular formula is C15H12ClFN2O. The molecule has 0 saturated heterocycles. The molecule has 0 aromatic heterocycles. The number of hydrogen-bond donors (Lipinski definition) is 2. The minimum atomic E-state index is -0.406. The third-order valence-electron chi connectivity index (χ3n) is 2.48. The van der Waals surface area contributed by atoms with E-state index in [1.54, 1.807) is 42.5 Å². The lowest BCUT2D eigenvalue weighted by molar-refractivity contribution is 0.255. The first-order valence-corrected chi connectivity index (χ1v) is 6.27. The van der Waals surface area contributed by atoms with Gasteiger partial charge >= 0.3 is 6.03 Å². The Balaban J connectivity index is 1.89. The zero-order chi connectivity index (χ0) is 14.4. The molecule has 0 aliphatic carbocycles. The van der Waals surface area contributed by atoms with E-state index in [2.05, 4.69) is 10.6 Å². The van der Waals surface area contributed by atoms with E-state index in [0.717, 1.165) is 5.56 Å². The van der Waals surface area contributed by atoms with Gasteiger partial charge in [0, 0.05) is 6.20 Å². The fourth-order valence-corrected chi connectivity index (χ4v) is 1.69. The fourth-order valence-electron chi connectivity index (χ4n) is 1.51. The fraction of sp³-hybridized carbons (Fsp3) is 0. The highest BCUT2D eigenvalue weighted by Crippen LogP contribution is 2.19. The van der Waals surface area contributed by atoms with Gasteiger partial charge in [0.05, 0.1) is 10.7 Å². The second kappa shape index (κ2) is 6.73. The van der Waals surface area contributed by atoms with Crippen LogP contribution in [0.25, 0.3) is 6.08 Å². The van der Waals surface area contributed by atoms with Crippen molar-refractivity contribution in [3.63, 3.8) is 0 Å². The van der Waals surface area contributed by atoms with Gasteiger partial charge in [-0.05, 0) is 35.9 Å². The number of halogens is 2. The van der Waals surface area contributed by atoms with E-state index in [4.69, 9.17) is 11.6 Å². The van der Waals surface area contributed by atoms with E-state index in [0.29, 0.717) is 10.7 Å². The lowest BCUT2D eigenvalue weighted by Gasteiger charge is -2.05. The predicted molar refractivity (Wildman–Crippen MR) is 79.0 cm³/mol. The van der Waals surface area contributed by atoms with E-state index in [1.165, 1.54) is 18.3 Å². The average Bonchev–Trinajstić information content (AvgIpc) is 2.44. The first-order chi connectivity index (χ1) is 9.65. The Kier molecular flexibility index (Phi) is 4.74. The molecule has 0 atom stereocenters. The van der Waals surface area contributed by atoms with Gasteiger partial charge in [-0.15, -0.1) is 0 Å². The molecule has 2 rings (SSSR count). The summed E-state index contributed by atoms with van der Waals surface area (Å²) >= 11 is 5.92. The number of rotatable bonds is 3. The topological polar surface area (TPSA) is 41.1 Å². The van der Waals surface area contributed by atoms with Gasteiger partial charge in [-0.1, -0.05) is 35.9 Å². The molecule has 0 saturated carbocycles. The van der Waals surface area contributed by atoms with Crippen molar-refractivity contribution < 1.29 is 9.18 Å². The molecule has 3 nitrogen and oxygen atoms in total. The van der Waals surface area contributed by atoms with Gasteiger partial charge in [-0.2, -0.15) is 0 Å². The molecule has 2 aromatic carbocycles. The number of para-hydroxylation sites is 1. The van der Waals surface area contributed by atoms with Gasteiger partial charge in [-0.25, -0.2) is 9.18 Å². The highest BCUT2D eigenvalue weighted by Gasteiger charge is 2.02. The lowest BCUT2D eigenvalue weighted by atomic mass is 10.2. The van der Waals surface area contributed by atoms with Crippen molar-refractivity contribution >= 4 is 29.4 Å². The molecule has 0 fully saturated rings. The SMILES string of the molecule is O=C(N/C=C/c1ccc(F)cc1)Nc1ccccc1Cl. The zero-order valence-electron chi connectivity index (χ0n) is 10.4. The molecule has 2 N–H and O–H groups in total. The second-order valence-corrected chi connectivity index (χ2v) is 4.37. The molecular weight excluding hydrogens is 279 g/mol. The molecule has 0 spiro atoms. The first kappa shape index (κ1) is 14.1. The normalized spacial score (nSPS) is 10.5. The van der Waals surface area contributed by atoms with Crippen LogP contribution in [0.15, 0.2) is 54.7 Å². The Morgan fingerprint density at radius 1 is 1.10 bits per heavy atom. The smallest absolute Gasteiger partial charge is 0.314 e. The van der Waals surface area contributed by atoms with Crippen molar-refractivity contribution in [1.29, 1.82) is 0 Å². The summed E-state index contributed by atoms with van der Waals surface area (Å²) in [5, 5.41) is 5.61. The molecule has 5 heteroatoms. The minimum Gasteiger partial charge on any atom is -0.314 e. The van der Waals surface area contributed by atoms with E-state index in [-0.39, 0.29) is 5.82 Å². The zero-order valence-corrected chi connectivity index (χ0v) is 11.2. The minimum absolute atomic E-state index is 0.299. The number of urea groups is 1. The molecule has 0 aliphatic heterocycles. The maximum Gasteiger partial charge on any atom is 0.323 e. The van der Waals surface area contributed by atoms with Gasteiger partial charge in [0.2, 0.25) is 0 Å². The second-order valence-electron chi connectivity index (χ2n) is 3.96. The highest BCUT2D eigenvalue weighted by molar-refractivity contribution is 6.33. The quantitative estimate of drug-likeness (QED) is 0.871. The van der Waals surface area contributed by atoms with Crippen LogP contribution in [0.5, 0.6) is 0 Å². The van der Waals surface area contributed by atoms with Gasteiger partial charge < -0.3 is 10.6 Å². The van der Waals surface area contributed by atoms with Crippen LogP contribution < -0.4 is 10.6 Å². The van der Waals surface area contributed by atoms with E-state index < -0.39 is 6.03 Å². The molecule has 0 radical (unpaired) electrons. The molecule has 0 unspecified atom stereocenters. The molecule has 2 aromatic rings. The molecule has 2 amide bonds. The predicted octanol–water partition coefficient (Wildman–Crippen LogP) is 4.27.